The van der Waals surface area contributed by atoms with Crippen LogP contribution in [0.25, 0.3) is 16.8 Å². The molecular formula is C30H24ClNO4S. The molecule has 5 rings (SSSR count). The van der Waals surface area contributed by atoms with Crippen molar-refractivity contribution in [3.05, 3.63) is 111 Å². The SMILES string of the molecule is COc1cc(/C=C2\SC(=O)N(Cc3cccc(C)c3)C2=O)cc(Cl)c1OCc1cccc2ccccc12. The maximum atomic E-state index is 13.0. The topological polar surface area (TPSA) is 55.8 Å². The number of thioether (sulfide) groups is 1. The van der Waals surface area contributed by atoms with E-state index in [1.165, 1.54) is 12.0 Å². The number of fused-ring (bicyclic) bond motifs is 1. The van der Waals surface area contributed by atoms with Gasteiger partial charge in [0.1, 0.15) is 6.61 Å². The average Bonchev–Trinajstić information content (AvgIpc) is 3.15. The van der Waals surface area contributed by atoms with Gasteiger partial charge < -0.3 is 9.47 Å². The van der Waals surface area contributed by atoms with Gasteiger partial charge in [-0.1, -0.05) is 83.9 Å². The number of nitrogens with zero attached hydrogens (tertiary/aromatic N) is 1. The van der Waals surface area contributed by atoms with Crippen molar-refractivity contribution in [2.45, 2.75) is 20.1 Å². The third kappa shape index (κ3) is 5.36. The molecule has 1 aliphatic heterocycles. The first-order chi connectivity index (χ1) is 17.9. The van der Waals surface area contributed by atoms with E-state index in [2.05, 4.69) is 18.2 Å². The zero-order valence-corrected chi connectivity index (χ0v) is 21.9. The van der Waals surface area contributed by atoms with Gasteiger partial charge in [-0.2, -0.15) is 0 Å². The number of hydrogen-bond donors (Lipinski definition) is 0. The van der Waals surface area contributed by atoms with E-state index in [1.807, 2.05) is 55.5 Å². The number of aryl methyl sites for hydroxylation is 1. The van der Waals surface area contributed by atoms with Gasteiger partial charge in [-0.3, -0.25) is 14.5 Å². The fourth-order valence-electron chi connectivity index (χ4n) is 4.31. The number of halogens is 1. The Kier molecular flexibility index (Phi) is 7.22. The van der Waals surface area contributed by atoms with E-state index in [1.54, 1.807) is 18.2 Å². The highest BCUT2D eigenvalue weighted by molar-refractivity contribution is 8.18. The third-order valence-corrected chi connectivity index (χ3v) is 7.29. The van der Waals surface area contributed by atoms with E-state index in [0.29, 0.717) is 33.6 Å². The molecule has 1 fully saturated rings. The average molecular weight is 530 g/mol. The number of benzene rings is 4. The van der Waals surface area contributed by atoms with Crippen LogP contribution in [0.1, 0.15) is 22.3 Å². The molecule has 1 saturated heterocycles. The first-order valence-electron chi connectivity index (χ1n) is 11.7. The van der Waals surface area contributed by atoms with Gasteiger partial charge >= 0.3 is 0 Å². The second kappa shape index (κ2) is 10.7. The second-order valence-corrected chi connectivity index (χ2v) is 10.1. The molecule has 7 heteroatoms. The highest BCUT2D eigenvalue weighted by Crippen LogP contribution is 2.40. The molecule has 0 radical (unpaired) electrons. The molecule has 1 aliphatic rings. The molecule has 0 atom stereocenters. The number of carbonyl (C=O) groups excluding carboxylic acids is 2. The number of carbonyl (C=O) groups is 2. The highest BCUT2D eigenvalue weighted by Gasteiger charge is 2.35. The van der Waals surface area contributed by atoms with Gasteiger partial charge in [-0.25, -0.2) is 0 Å². The minimum atomic E-state index is -0.331. The largest absolute Gasteiger partial charge is 0.493 e. The number of amides is 2. The smallest absolute Gasteiger partial charge is 0.293 e. The molecule has 0 N–H and O–H groups in total. The van der Waals surface area contributed by atoms with Gasteiger partial charge in [0.2, 0.25) is 0 Å². The lowest BCUT2D eigenvalue weighted by atomic mass is 10.1. The molecule has 4 aromatic carbocycles. The van der Waals surface area contributed by atoms with Crippen LogP contribution in [0.15, 0.2) is 83.8 Å². The number of rotatable bonds is 7. The monoisotopic (exact) mass is 529 g/mol. The Morgan fingerprint density at radius 2 is 1.76 bits per heavy atom. The fourth-order valence-corrected chi connectivity index (χ4v) is 5.42. The van der Waals surface area contributed by atoms with Gasteiger partial charge in [0, 0.05) is 0 Å². The number of methoxy groups -OCH3 is 1. The van der Waals surface area contributed by atoms with E-state index < -0.39 is 0 Å². The van der Waals surface area contributed by atoms with Crippen molar-refractivity contribution >= 4 is 51.4 Å². The lowest BCUT2D eigenvalue weighted by Crippen LogP contribution is -2.27. The van der Waals surface area contributed by atoms with Crippen LogP contribution in [0.2, 0.25) is 5.02 Å². The maximum Gasteiger partial charge on any atom is 0.293 e. The van der Waals surface area contributed by atoms with Crippen molar-refractivity contribution < 1.29 is 19.1 Å². The molecule has 0 bridgehead atoms. The molecular weight excluding hydrogens is 506 g/mol. The predicted octanol–water partition coefficient (Wildman–Crippen LogP) is 7.63. The van der Waals surface area contributed by atoms with Crippen LogP contribution in [0.3, 0.4) is 0 Å². The molecule has 4 aromatic rings. The van der Waals surface area contributed by atoms with Crippen molar-refractivity contribution in [1.29, 1.82) is 0 Å². The summed E-state index contributed by atoms with van der Waals surface area (Å²) in [4.78, 5) is 27.2. The van der Waals surface area contributed by atoms with E-state index in [9.17, 15) is 9.59 Å². The van der Waals surface area contributed by atoms with Gasteiger partial charge in [0.15, 0.2) is 11.5 Å². The lowest BCUT2D eigenvalue weighted by molar-refractivity contribution is -0.123. The summed E-state index contributed by atoms with van der Waals surface area (Å²) >= 11 is 7.51. The summed E-state index contributed by atoms with van der Waals surface area (Å²) < 4.78 is 11.7. The normalized spacial score (nSPS) is 14.6. The Balaban J connectivity index is 1.36. The molecule has 186 valence electrons. The van der Waals surface area contributed by atoms with Gasteiger partial charge in [0.05, 0.1) is 23.6 Å². The van der Waals surface area contributed by atoms with Crippen molar-refractivity contribution in [3.8, 4) is 11.5 Å². The number of imide groups is 1. The molecule has 2 amide bonds. The van der Waals surface area contributed by atoms with Crippen molar-refractivity contribution in [3.63, 3.8) is 0 Å². The molecule has 5 nitrogen and oxygen atoms in total. The zero-order chi connectivity index (χ0) is 25.9. The minimum Gasteiger partial charge on any atom is -0.493 e. The molecule has 0 aromatic heterocycles. The van der Waals surface area contributed by atoms with Crippen LogP contribution in [0.5, 0.6) is 11.5 Å². The van der Waals surface area contributed by atoms with Crippen LogP contribution in [0.4, 0.5) is 4.79 Å². The summed E-state index contributed by atoms with van der Waals surface area (Å²) in [7, 11) is 1.54. The van der Waals surface area contributed by atoms with E-state index >= 15 is 0 Å². The zero-order valence-electron chi connectivity index (χ0n) is 20.4. The van der Waals surface area contributed by atoms with Crippen LogP contribution < -0.4 is 9.47 Å². The van der Waals surface area contributed by atoms with Crippen molar-refractivity contribution in [2.24, 2.45) is 0 Å². The first kappa shape index (κ1) is 24.9. The lowest BCUT2D eigenvalue weighted by Gasteiger charge is -2.15. The Morgan fingerprint density at radius 3 is 2.57 bits per heavy atom. The highest BCUT2D eigenvalue weighted by atomic mass is 35.5. The summed E-state index contributed by atoms with van der Waals surface area (Å²) in [6.07, 6.45) is 1.66. The number of ether oxygens (including phenoxy) is 2. The maximum absolute atomic E-state index is 13.0. The third-order valence-electron chi connectivity index (χ3n) is 6.10. The molecule has 0 spiro atoms. The summed E-state index contributed by atoms with van der Waals surface area (Å²) in [6.45, 7) is 2.52. The predicted molar refractivity (Wildman–Crippen MR) is 149 cm³/mol. The van der Waals surface area contributed by atoms with Crippen LogP contribution in [-0.2, 0) is 17.9 Å². The van der Waals surface area contributed by atoms with Crippen molar-refractivity contribution in [2.75, 3.05) is 7.11 Å². The van der Waals surface area contributed by atoms with Gasteiger partial charge in [0.25, 0.3) is 11.1 Å². The van der Waals surface area contributed by atoms with Crippen molar-refractivity contribution in [1.82, 2.24) is 4.90 Å². The van der Waals surface area contributed by atoms with Gasteiger partial charge in [-0.05, 0) is 64.4 Å². The molecule has 0 saturated carbocycles. The Bertz CT molecular complexity index is 1540. The van der Waals surface area contributed by atoms with Crippen LogP contribution in [0, 0.1) is 6.92 Å². The van der Waals surface area contributed by atoms with E-state index in [-0.39, 0.29) is 17.7 Å². The number of hydrogen-bond acceptors (Lipinski definition) is 5. The Labute approximate surface area is 224 Å². The standard InChI is InChI=1S/C30H24ClNO4S/c1-19-7-5-8-20(13-19)17-32-29(33)27(37-30(32)34)16-21-14-25(31)28(26(15-21)35-2)36-18-23-11-6-10-22-9-3-4-12-24(22)23/h3-16H,17-18H2,1-2H3/b27-16-. The fraction of sp³-hybridized carbons (Fsp3) is 0.133. The molecule has 0 unspecified atom stereocenters. The molecule has 37 heavy (non-hydrogen) atoms. The Hall–Kier alpha value is -3.74. The quantitative estimate of drug-likeness (QED) is 0.230. The summed E-state index contributed by atoms with van der Waals surface area (Å²) in [6, 6.07) is 25.4. The molecule has 0 aliphatic carbocycles. The molecule has 1 heterocycles. The minimum absolute atomic E-state index is 0.231. The van der Waals surface area contributed by atoms with E-state index in [0.717, 1.165) is 39.2 Å². The summed E-state index contributed by atoms with van der Waals surface area (Å²) in [5, 5.41) is 2.29. The first-order valence-corrected chi connectivity index (χ1v) is 12.9. The summed E-state index contributed by atoms with van der Waals surface area (Å²) in [5.41, 5.74) is 3.65. The van der Waals surface area contributed by atoms with Crippen LogP contribution in [-0.4, -0.2) is 23.2 Å². The van der Waals surface area contributed by atoms with Crippen LogP contribution >= 0.6 is 23.4 Å². The summed E-state index contributed by atoms with van der Waals surface area (Å²) in [5.74, 6) is 0.530. The van der Waals surface area contributed by atoms with E-state index in [4.69, 9.17) is 21.1 Å². The van der Waals surface area contributed by atoms with Gasteiger partial charge in [-0.15, -0.1) is 0 Å². The second-order valence-electron chi connectivity index (χ2n) is 8.72. The Morgan fingerprint density at radius 1 is 0.973 bits per heavy atom.